The van der Waals surface area contributed by atoms with Crippen molar-refractivity contribution in [2.24, 2.45) is 0 Å². The minimum Gasteiger partial charge on any atom is -0.352 e. The minimum absolute atomic E-state index is 0.0596. The normalized spacial score (nSPS) is 15.9. The molecule has 1 aromatic heterocycles. The maximum atomic E-state index is 12.4. The van der Waals surface area contributed by atoms with Gasteiger partial charge < -0.3 is 15.2 Å². The molecule has 0 spiro atoms. The summed E-state index contributed by atoms with van der Waals surface area (Å²) in [6, 6.07) is 8.00. The summed E-state index contributed by atoms with van der Waals surface area (Å²) in [6.07, 6.45) is 9.05. The Labute approximate surface area is 142 Å². The number of nitrogens with one attached hydrogen (secondary N) is 2. The molecule has 0 aliphatic heterocycles. The van der Waals surface area contributed by atoms with Crippen LogP contribution in [0.5, 0.6) is 0 Å². The molecule has 0 saturated heterocycles. The number of carbonyl (C=O) groups is 2. The van der Waals surface area contributed by atoms with Crippen LogP contribution in [-0.2, 0) is 16.1 Å². The summed E-state index contributed by atoms with van der Waals surface area (Å²) in [4.78, 5) is 23.7. The van der Waals surface area contributed by atoms with E-state index in [1.807, 2.05) is 35.0 Å². The van der Waals surface area contributed by atoms with E-state index < -0.39 is 0 Å². The van der Waals surface area contributed by atoms with Crippen LogP contribution >= 0.6 is 0 Å². The fourth-order valence-corrected chi connectivity index (χ4v) is 3.51. The van der Waals surface area contributed by atoms with E-state index >= 15 is 0 Å². The zero-order valence-electron chi connectivity index (χ0n) is 14.2. The number of carbonyl (C=O) groups excluding carboxylic acids is 2. The summed E-state index contributed by atoms with van der Waals surface area (Å²) in [5.41, 5.74) is 1.74. The van der Waals surface area contributed by atoms with Crippen molar-refractivity contribution in [2.75, 3.05) is 5.32 Å². The Balaban J connectivity index is 1.70. The quantitative estimate of drug-likeness (QED) is 0.845. The molecule has 0 atom stereocenters. The first-order valence-electron chi connectivity index (χ1n) is 8.78. The van der Waals surface area contributed by atoms with Gasteiger partial charge in [0.15, 0.2) is 0 Å². The summed E-state index contributed by atoms with van der Waals surface area (Å²) in [7, 11) is 0. The number of hydrogen-bond acceptors (Lipinski definition) is 2. The highest BCUT2D eigenvalue weighted by molar-refractivity contribution is 6.01. The molecule has 1 aliphatic carbocycles. The van der Waals surface area contributed by atoms with E-state index in [0.29, 0.717) is 12.6 Å². The Morgan fingerprint density at radius 3 is 2.58 bits per heavy atom. The number of aromatic nitrogens is 1. The van der Waals surface area contributed by atoms with Gasteiger partial charge in [-0.25, -0.2) is 0 Å². The largest absolute Gasteiger partial charge is 0.352 e. The smallest absolute Gasteiger partial charge is 0.240 e. The highest BCUT2D eigenvalue weighted by Crippen LogP contribution is 2.24. The van der Waals surface area contributed by atoms with Crippen LogP contribution in [-0.4, -0.2) is 22.4 Å². The molecule has 0 radical (unpaired) electrons. The summed E-state index contributed by atoms with van der Waals surface area (Å²) in [5, 5.41) is 6.97. The second-order valence-electron chi connectivity index (χ2n) is 6.62. The Morgan fingerprint density at radius 1 is 1.12 bits per heavy atom. The lowest BCUT2D eigenvalue weighted by Crippen LogP contribution is -2.36. The molecule has 24 heavy (non-hydrogen) atoms. The van der Waals surface area contributed by atoms with E-state index in [4.69, 9.17) is 0 Å². The minimum atomic E-state index is -0.0960. The van der Waals surface area contributed by atoms with Crippen LogP contribution in [0.25, 0.3) is 10.9 Å². The van der Waals surface area contributed by atoms with E-state index in [1.165, 1.54) is 32.6 Å². The number of anilines is 1. The molecule has 1 saturated carbocycles. The number of hydrogen-bond donors (Lipinski definition) is 2. The summed E-state index contributed by atoms with van der Waals surface area (Å²) in [6.45, 7) is 1.81. The standard InChI is InChI=1S/C19H25N3O2/c1-14(23)20-17-9-6-10-18-16(17)11-12-22(18)13-19(24)21-15-7-4-2-3-5-8-15/h6,9-12,15H,2-5,7-8,13H2,1H3,(H,20,23)(H,21,24). The van der Waals surface area contributed by atoms with Crippen LogP contribution in [0.4, 0.5) is 5.69 Å². The van der Waals surface area contributed by atoms with Gasteiger partial charge in [-0.1, -0.05) is 31.7 Å². The van der Waals surface area contributed by atoms with Crippen LogP contribution in [0.2, 0.25) is 0 Å². The van der Waals surface area contributed by atoms with Crippen LogP contribution in [0.15, 0.2) is 30.5 Å². The van der Waals surface area contributed by atoms with E-state index in [2.05, 4.69) is 10.6 Å². The monoisotopic (exact) mass is 327 g/mol. The zero-order valence-corrected chi connectivity index (χ0v) is 14.2. The summed E-state index contributed by atoms with van der Waals surface area (Å²) < 4.78 is 1.94. The fourth-order valence-electron chi connectivity index (χ4n) is 3.51. The first-order chi connectivity index (χ1) is 11.6. The van der Waals surface area contributed by atoms with Gasteiger partial charge in [0.1, 0.15) is 6.54 Å². The van der Waals surface area contributed by atoms with Crippen molar-refractivity contribution in [1.82, 2.24) is 9.88 Å². The van der Waals surface area contributed by atoms with Gasteiger partial charge in [-0.15, -0.1) is 0 Å². The van der Waals surface area contributed by atoms with Crippen molar-refractivity contribution < 1.29 is 9.59 Å². The Morgan fingerprint density at radius 2 is 1.88 bits per heavy atom. The summed E-state index contributed by atoms with van der Waals surface area (Å²) >= 11 is 0. The van der Waals surface area contributed by atoms with Crippen LogP contribution in [0.3, 0.4) is 0 Å². The van der Waals surface area contributed by atoms with Crippen molar-refractivity contribution in [3.8, 4) is 0 Å². The van der Waals surface area contributed by atoms with Gasteiger partial charge in [-0.05, 0) is 31.0 Å². The number of amides is 2. The molecule has 2 aromatic rings. The van der Waals surface area contributed by atoms with E-state index in [-0.39, 0.29) is 11.8 Å². The molecule has 1 aliphatic rings. The highest BCUT2D eigenvalue weighted by atomic mass is 16.2. The lowest BCUT2D eigenvalue weighted by atomic mass is 10.1. The molecule has 3 rings (SSSR count). The number of benzene rings is 1. The molecule has 2 N–H and O–H groups in total. The van der Waals surface area contributed by atoms with Crippen LogP contribution < -0.4 is 10.6 Å². The molecule has 0 bridgehead atoms. The molecular formula is C19H25N3O2. The average molecular weight is 327 g/mol. The van der Waals surface area contributed by atoms with Gasteiger partial charge in [0.25, 0.3) is 0 Å². The van der Waals surface area contributed by atoms with Crippen molar-refractivity contribution in [2.45, 2.75) is 58.0 Å². The molecule has 5 heteroatoms. The van der Waals surface area contributed by atoms with Gasteiger partial charge in [-0.3, -0.25) is 9.59 Å². The highest BCUT2D eigenvalue weighted by Gasteiger charge is 2.15. The molecular weight excluding hydrogens is 302 g/mol. The van der Waals surface area contributed by atoms with Gasteiger partial charge in [0, 0.05) is 24.5 Å². The van der Waals surface area contributed by atoms with E-state index in [9.17, 15) is 9.59 Å². The first-order valence-corrected chi connectivity index (χ1v) is 8.78. The maximum Gasteiger partial charge on any atom is 0.240 e. The van der Waals surface area contributed by atoms with Crippen molar-refractivity contribution in [3.63, 3.8) is 0 Å². The SMILES string of the molecule is CC(=O)Nc1cccc2c1ccn2CC(=O)NC1CCCCCC1. The molecule has 1 fully saturated rings. The number of fused-ring (bicyclic) bond motifs is 1. The number of rotatable bonds is 4. The third kappa shape index (κ3) is 3.96. The average Bonchev–Trinajstić information content (AvgIpc) is 2.77. The molecule has 0 unspecified atom stereocenters. The molecule has 128 valence electrons. The molecule has 5 nitrogen and oxygen atoms in total. The van der Waals surface area contributed by atoms with Crippen molar-refractivity contribution >= 4 is 28.4 Å². The third-order valence-electron chi connectivity index (χ3n) is 4.66. The second kappa shape index (κ2) is 7.51. The van der Waals surface area contributed by atoms with Gasteiger partial charge >= 0.3 is 0 Å². The molecule has 2 amide bonds. The first kappa shape index (κ1) is 16.6. The molecule has 1 aromatic carbocycles. The van der Waals surface area contributed by atoms with E-state index in [0.717, 1.165) is 29.4 Å². The van der Waals surface area contributed by atoms with E-state index in [1.54, 1.807) is 0 Å². The lowest BCUT2D eigenvalue weighted by molar-refractivity contribution is -0.122. The zero-order chi connectivity index (χ0) is 16.9. The van der Waals surface area contributed by atoms with Crippen LogP contribution in [0.1, 0.15) is 45.4 Å². The second-order valence-corrected chi connectivity index (χ2v) is 6.62. The van der Waals surface area contributed by atoms with Crippen molar-refractivity contribution in [1.29, 1.82) is 0 Å². The maximum absolute atomic E-state index is 12.4. The van der Waals surface area contributed by atoms with Gasteiger partial charge in [-0.2, -0.15) is 0 Å². The lowest BCUT2D eigenvalue weighted by Gasteiger charge is -2.16. The molecule has 1 heterocycles. The third-order valence-corrected chi connectivity index (χ3v) is 4.66. The topological polar surface area (TPSA) is 63.1 Å². The Bertz CT molecular complexity index is 727. The predicted octanol–water partition coefficient (Wildman–Crippen LogP) is 3.44. The predicted molar refractivity (Wildman–Crippen MR) is 95.9 cm³/mol. The van der Waals surface area contributed by atoms with Gasteiger partial charge in [0.05, 0.1) is 11.2 Å². The van der Waals surface area contributed by atoms with Gasteiger partial charge in [0.2, 0.25) is 11.8 Å². The number of nitrogens with zero attached hydrogens (tertiary/aromatic N) is 1. The van der Waals surface area contributed by atoms with Crippen LogP contribution in [0, 0.1) is 0 Å². The Kier molecular flexibility index (Phi) is 5.18. The fraction of sp³-hybridized carbons (Fsp3) is 0.474. The van der Waals surface area contributed by atoms with Crippen molar-refractivity contribution in [3.05, 3.63) is 30.5 Å². The Hall–Kier alpha value is -2.30. The summed E-state index contributed by atoms with van der Waals surface area (Å²) in [5.74, 6) is -0.0364.